The van der Waals surface area contributed by atoms with Crippen LogP contribution in [0.15, 0.2) is 102 Å². The highest BCUT2D eigenvalue weighted by Gasteiger charge is 2.17. The van der Waals surface area contributed by atoms with Crippen LogP contribution in [0.2, 0.25) is 5.02 Å². The largest absolute Gasteiger partial charge is 0.322 e. The summed E-state index contributed by atoms with van der Waals surface area (Å²) in [5.74, 6) is -0.467. The van der Waals surface area contributed by atoms with Crippen molar-refractivity contribution in [3.05, 3.63) is 129 Å². The number of nitrogens with one attached hydrogen (secondary N) is 2. The first-order chi connectivity index (χ1) is 18.1. The SMILES string of the molecule is Cc1ccc(NS(=O)(=O)c2ccc(NC(=O)/C(=C/c3cccc([N+](=O)[O-])c3)c3ccccc3)cc2)cc1Cl. The van der Waals surface area contributed by atoms with Crippen LogP contribution in [-0.2, 0) is 14.8 Å². The van der Waals surface area contributed by atoms with Gasteiger partial charge in [0, 0.05) is 28.4 Å². The van der Waals surface area contributed by atoms with Crippen LogP contribution in [0.3, 0.4) is 0 Å². The molecule has 0 aliphatic rings. The molecule has 0 unspecified atom stereocenters. The molecule has 0 spiro atoms. The number of aryl methyl sites for hydroxylation is 1. The topological polar surface area (TPSA) is 118 Å². The third-order valence-corrected chi connectivity index (χ3v) is 7.37. The van der Waals surface area contributed by atoms with Crippen LogP contribution in [0.4, 0.5) is 17.1 Å². The third-order valence-electron chi connectivity index (χ3n) is 5.57. The fourth-order valence-corrected chi connectivity index (χ4v) is 4.81. The maximum atomic E-state index is 13.3. The molecule has 0 aromatic heterocycles. The summed E-state index contributed by atoms with van der Waals surface area (Å²) in [5, 5.41) is 14.4. The van der Waals surface area contributed by atoms with Gasteiger partial charge in [-0.3, -0.25) is 19.6 Å². The molecule has 0 saturated heterocycles. The Bertz CT molecular complexity index is 1640. The van der Waals surface area contributed by atoms with Gasteiger partial charge in [-0.1, -0.05) is 60.1 Å². The lowest BCUT2D eigenvalue weighted by Gasteiger charge is -2.12. The number of carbonyl (C=O) groups excluding carboxylic acids is 1. The summed E-state index contributed by atoms with van der Waals surface area (Å²) in [6.45, 7) is 1.82. The maximum absolute atomic E-state index is 13.3. The van der Waals surface area contributed by atoms with Crippen molar-refractivity contribution in [2.45, 2.75) is 11.8 Å². The van der Waals surface area contributed by atoms with E-state index in [0.29, 0.717) is 27.5 Å². The van der Waals surface area contributed by atoms with Crippen molar-refractivity contribution < 1.29 is 18.1 Å². The first kappa shape index (κ1) is 26.6. The minimum Gasteiger partial charge on any atom is -0.322 e. The van der Waals surface area contributed by atoms with Crippen molar-refractivity contribution in [3.8, 4) is 0 Å². The average molecular weight is 548 g/mol. The summed E-state index contributed by atoms with van der Waals surface area (Å²) in [4.78, 5) is 23.9. The van der Waals surface area contributed by atoms with Gasteiger partial charge in [-0.2, -0.15) is 0 Å². The predicted molar refractivity (Wildman–Crippen MR) is 149 cm³/mol. The Balaban J connectivity index is 1.57. The molecular weight excluding hydrogens is 526 g/mol. The Morgan fingerprint density at radius 2 is 1.58 bits per heavy atom. The number of rotatable bonds is 8. The van der Waals surface area contributed by atoms with Crippen molar-refractivity contribution in [2.75, 3.05) is 10.0 Å². The van der Waals surface area contributed by atoms with E-state index >= 15 is 0 Å². The van der Waals surface area contributed by atoms with Crippen molar-refractivity contribution in [3.63, 3.8) is 0 Å². The molecule has 4 aromatic carbocycles. The van der Waals surface area contributed by atoms with Gasteiger partial charge in [0.05, 0.1) is 15.5 Å². The van der Waals surface area contributed by atoms with Gasteiger partial charge in [0.2, 0.25) is 0 Å². The molecule has 8 nitrogen and oxygen atoms in total. The second-order valence-corrected chi connectivity index (χ2v) is 10.4. The number of nitrogens with zero attached hydrogens (tertiary/aromatic N) is 1. The zero-order valence-corrected chi connectivity index (χ0v) is 21.7. The van der Waals surface area contributed by atoms with Gasteiger partial charge in [-0.05, 0) is 66.1 Å². The second-order valence-electron chi connectivity index (χ2n) is 8.32. The van der Waals surface area contributed by atoms with Gasteiger partial charge in [0.25, 0.3) is 21.6 Å². The van der Waals surface area contributed by atoms with Gasteiger partial charge in [0.1, 0.15) is 0 Å². The summed E-state index contributed by atoms with van der Waals surface area (Å²) in [7, 11) is -3.89. The van der Waals surface area contributed by atoms with E-state index in [-0.39, 0.29) is 16.2 Å². The summed E-state index contributed by atoms with van der Waals surface area (Å²) >= 11 is 6.09. The third kappa shape index (κ3) is 6.44. The Morgan fingerprint density at radius 1 is 0.895 bits per heavy atom. The standard InChI is InChI=1S/C28H22ClN3O5S/c1-19-10-11-23(18-27(19)29)31-38(36,37)25-14-12-22(13-15-25)30-28(33)26(21-7-3-2-4-8-21)17-20-6-5-9-24(16-20)32(34)35/h2-18,31H,1H3,(H,30,33)/b26-17+. The molecule has 0 aliphatic heterocycles. The first-order valence-corrected chi connectivity index (χ1v) is 13.2. The number of benzene rings is 4. The molecule has 0 heterocycles. The summed E-state index contributed by atoms with van der Waals surface area (Å²) in [6, 6.07) is 25.4. The summed E-state index contributed by atoms with van der Waals surface area (Å²) in [5.41, 5.74) is 2.80. The van der Waals surface area contributed by atoms with E-state index in [1.165, 1.54) is 42.5 Å². The molecule has 0 atom stereocenters. The number of nitro groups is 1. The molecule has 4 aromatic rings. The lowest BCUT2D eigenvalue weighted by atomic mass is 10.0. The molecule has 0 aliphatic carbocycles. The second kappa shape index (κ2) is 11.3. The molecule has 38 heavy (non-hydrogen) atoms. The average Bonchev–Trinajstić information content (AvgIpc) is 2.90. The van der Waals surface area contributed by atoms with Gasteiger partial charge in [0.15, 0.2) is 0 Å². The highest BCUT2D eigenvalue weighted by Crippen LogP contribution is 2.25. The lowest BCUT2D eigenvalue weighted by molar-refractivity contribution is -0.384. The minimum atomic E-state index is -3.89. The van der Waals surface area contributed by atoms with Crippen LogP contribution < -0.4 is 10.0 Å². The van der Waals surface area contributed by atoms with Crippen LogP contribution >= 0.6 is 11.6 Å². The van der Waals surface area contributed by atoms with Crippen LogP contribution in [0.5, 0.6) is 0 Å². The Kier molecular flexibility index (Phi) is 7.90. The van der Waals surface area contributed by atoms with Crippen LogP contribution in [0, 0.1) is 17.0 Å². The molecule has 0 radical (unpaired) electrons. The smallest absolute Gasteiger partial charge is 0.270 e. The van der Waals surface area contributed by atoms with E-state index in [4.69, 9.17) is 11.6 Å². The number of carbonyl (C=O) groups is 1. The molecule has 2 N–H and O–H groups in total. The van der Waals surface area contributed by atoms with E-state index in [1.54, 1.807) is 54.6 Å². The van der Waals surface area contributed by atoms with Crippen LogP contribution in [-0.4, -0.2) is 19.2 Å². The fourth-order valence-electron chi connectivity index (χ4n) is 3.58. The van der Waals surface area contributed by atoms with Gasteiger partial charge >= 0.3 is 0 Å². The van der Waals surface area contributed by atoms with Gasteiger partial charge in [-0.25, -0.2) is 8.42 Å². The predicted octanol–water partition coefficient (Wildman–Crippen LogP) is 6.54. The number of halogens is 1. The fraction of sp³-hybridized carbons (Fsp3) is 0.0357. The molecule has 4 rings (SSSR count). The highest BCUT2D eigenvalue weighted by molar-refractivity contribution is 7.92. The minimum absolute atomic E-state index is 0.00242. The van der Waals surface area contributed by atoms with E-state index < -0.39 is 20.9 Å². The Hall–Kier alpha value is -4.47. The molecule has 1 amide bonds. The molecule has 192 valence electrons. The van der Waals surface area contributed by atoms with Crippen molar-refractivity contribution >= 4 is 56.2 Å². The summed E-state index contributed by atoms with van der Waals surface area (Å²) < 4.78 is 28.1. The molecule has 0 bridgehead atoms. The number of anilines is 2. The number of nitro benzene ring substituents is 1. The Morgan fingerprint density at radius 3 is 2.24 bits per heavy atom. The van der Waals surface area contributed by atoms with Gasteiger partial charge in [-0.15, -0.1) is 0 Å². The van der Waals surface area contributed by atoms with E-state index in [2.05, 4.69) is 10.0 Å². The normalized spacial score (nSPS) is 11.6. The number of non-ortho nitro benzene ring substituents is 1. The van der Waals surface area contributed by atoms with Gasteiger partial charge < -0.3 is 5.32 Å². The van der Waals surface area contributed by atoms with Crippen molar-refractivity contribution in [1.29, 1.82) is 0 Å². The first-order valence-electron chi connectivity index (χ1n) is 11.3. The quantitative estimate of drug-likeness (QED) is 0.112. The van der Waals surface area contributed by atoms with E-state index in [1.807, 2.05) is 13.0 Å². The lowest BCUT2D eigenvalue weighted by Crippen LogP contribution is -2.15. The number of hydrogen-bond donors (Lipinski definition) is 2. The van der Waals surface area contributed by atoms with Crippen molar-refractivity contribution in [2.24, 2.45) is 0 Å². The zero-order valence-electron chi connectivity index (χ0n) is 20.1. The number of amides is 1. The van der Waals surface area contributed by atoms with E-state index in [0.717, 1.165) is 5.56 Å². The van der Waals surface area contributed by atoms with Crippen LogP contribution in [0.25, 0.3) is 11.6 Å². The Labute approximate surface area is 224 Å². The van der Waals surface area contributed by atoms with E-state index in [9.17, 15) is 23.3 Å². The van der Waals surface area contributed by atoms with Crippen molar-refractivity contribution in [1.82, 2.24) is 0 Å². The van der Waals surface area contributed by atoms with Crippen LogP contribution in [0.1, 0.15) is 16.7 Å². The number of sulfonamides is 1. The monoisotopic (exact) mass is 547 g/mol. The molecule has 0 saturated carbocycles. The molecular formula is C28H22ClN3O5S. The summed E-state index contributed by atoms with van der Waals surface area (Å²) in [6.07, 6.45) is 1.56. The molecule has 0 fully saturated rings. The number of hydrogen-bond acceptors (Lipinski definition) is 5. The highest BCUT2D eigenvalue weighted by atomic mass is 35.5. The molecule has 10 heteroatoms. The zero-order chi connectivity index (χ0) is 27.3. The maximum Gasteiger partial charge on any atom is 0.270 e.